The largest absolute Gasteiger partial charge is 0.351 e. The summed E-state index contributed by atoms with van der Waals surface area (Å²) >= 11 is 1.81. The van der Waals surface area contributed by atoms with Crippen LogP contribution in [0.4, 0.5) is 5.00 Å². The summed E-state index contributed by atoms with van der Waals surface area (Å²) in [4.78, 5) is 1.36. The third kappa shape index (κ3) is 2.26. The van der Waals surface area contributed by atoms with Crippen LogP contribution in [0.1, 0.15) is 24.6 Å². The zero-order valence-corrected chi connectivity index (χ0v) is 9.45. The van der Waals surface area contributed by atoms with Crippen molar-refractivity contribution in [2.24, 2.45) is 0 Å². The average Bonchev–Trinajstić information content (AvgIpc) is 2.56. The number of allylic oxidation sites excluding steroid dienone is 4. The van der Waals surface area contributed by atoms with E-state index in [9.17, 15) is 0 Å². The molecule has 1 N–H and O–H groups in total. The highest BCUT2D eigenvalue weighted by molar-refractivity contribution is 7.16. The van der Waals surface area contributed by atoms with Gasteiger partial charge >= 0.3 is 0 Å². The smallest absolute Gasteiger partial charge is 0.0926 e. The lowest BCUT2D eigenvalue weighted by Gasteiger charge is -2.12. The Kier molecular flexibility index (Phi) is 2.73. The van der Waals surface area contributed by atoms with E-state index in [4.69, 9.17) is 0 Å². The van der Waals surface area contributed by atoms with Crippen LogP contribution in [0.3, 0.4) is 0 Å². The molecule has 0 radical (unpaired) electrons. The van der Waals surface area contributed by atoms with Crippen LogP contribution in [0.5, 0.6) is 0 Å². The van der Waals surface area contributed by atoms with Gasteiger partial charge < -0.3 is 5.32 Å². The fourth-order valence-corrected chi connectivity index (χ4v) is 2.31. The summed E-state index contributed by atoms with van der Waals surface area (Å²) in [5, 5.41) is 4.71. The van der Waals surface area contributed by atoms with Crippen LogP contribution >= 0.6 is 11.3 Å². The maximum atomic E-state index is 3.46. The van der Waals surface area contributed by atoms with E-state index in [0.29, 0.717) is 0 Å². The quantitative estimate of drug-likeness (QED) is 0.766. The Morgan fingerprint density at radius 2 is 2.00 bits per heavy atom. The molecule has 1 aromatic rings. The second-order valence-corrected chi connectivity index (χ2v) is 5.03. The molecular formula is C12H15NS. The van der Waals surface area contributed by atoms with Crippen molar-refractivity contribution in [1.29, 1.82) is 0 Å². The molecule has 0 unspecified atom stereocenters. The number of aryl methyl sites for hydroxylation is 1. The molecule has 0 amide bonds. The first-order chi connectivity index (χ1) is 6.74. The summed E-state index contributed by atoms with van der Waals surface area (Å²) in [6.07, 6.45) is 6.71. The predicted molar refractivity (Wildman–Crippen MR) is 63.8 cm³/mol. The summed E-state index contributed by atoms with van der Waals surface area (Å²) in [6.45, 7) is 4.32. The summed E-state index contributed by atoms with van der Waals surface area (Å²) in [5.41, 5.74) is 2.80. The number of hydrogen-bond donors (Lipinski definition) is 1. The van der Waals surface area contributed by atoms with Crippen LogP contribution in [0, 0.1) is 6.92 Å². The molecule has 2 rings (SSSR count). The lowest BCUT2D eigenvalue weighted by atomic mass is 10.0. The van der Waals surface area contributed by atoms with Gasteiger partial charge in [0, 0.05) is 10.6 Å². The molecule has 1 aliphatic carbocycles. The molecule has 1 aromatic heterocycles. The minimum absolute atomic E-state index is 1.14. The van der Waals surface area contributed by atoms with E-state index >= 15 is 0 Å². The van der Waals surface area contributed by atoms with Crippen molar-refractivity contribution >= 4 is 16.3 Å². The zero-order valence-electron chi connectivity index (χ0n) is 8.63. The van der Waals surface area contributed by atoms with E-state index in [1.165, 1.54) is 27.6 Å². The fraction of sp³-hybridized carbons (Fsp3) is 0.333. The van der Waals surface area contributed by atoms with Crippen molar-refractivity contribution in [2.75, 3.05) is 5.32 Å². The summed E-state index contributed by atoms with van der Waals surface area (Å²) in [7, 11) is 0. The van der Waals surface area contributed by atoms with Crippen LogP contribution in [0.2, 0.25) is 0 Å². The van der Waals surface area contributed by atoms with Crippen molar-refractivity contribution in [1.82, 2.24) is 0 Å². The van der Waals surface area contributed by atoms with E-state index < -0.39 is 0 Å². The van der Waals surface area contributed by atoms with Gasteiger partial charge in [0.1, 0.15) is 0 Å². The lowest BCUT2D eigenvalue weighted by molar-refractivity contribution is 0.911. The van der Waals surface area contributed by atoms with E-state index in [0.717, 1.165) is 6.42 Å². The average molecular weight is 205 g/mol. The number of thiophene rings is 1. The Morgan fingerprint density at radius 3 is 2.57 bits per heavy atom. The highest BCUT2D eigenvalue weighted by atomic mass is 32.1. The van der Waals surface area contributed by atoms with Crippen LogP contribution in [-0.4, -0.2) is 0 Å². The van der Waals surface area contributed by atoms with Gasteiger partial charge in [-0.3, -0.25) is 0 Å². The molecular weight excluding hydrogens is 190 g/mol. The number of hydrogen-bond acceptors (Lipinski definition) is 2. The minimum atomic E-state index is 1.14. The summed E-state index contributed by atoms with van der Waals surface area (Å²) in [6, 6.07) is 4.30. The Hall–Kier alpha value is -1.02. The minimum Gasteiger partial charge on any atom is -0.351 e. The predicted octanol–water partition coefficient (Wildman–Crippen LogP) is 4.09. The van der Waals surface area contributed by atoms with Crippen LogP contribution in [0.15, 0.2) is 35.6 Å². The van der Waals surface area contributed by atoms with Crippen molar-refractivity contribution in [2.45, 2.75) is 26.7 Å². The maximum absolute atomic E-state index is 3.46. The Balaban J connectivity index is 2.05. The van der Waals surface area contributed by atoms with Gasteiger partial charge in [-0.15, -0.1) is 11.3 Å². The Labute approximate surface area is 89.2 Å². The third-order valence-corrected chi connectivity index (χ3v) is 3.30. The second-order valence-electron chi connectivity index (χ2n) is 3.74. The van der Waals surface area contributed by atoms with Crippen molar-refractivity contribution < 1.29 is 0 Å². The van der Waals surface area contributed by atoms with Gasteiger partial charge in [-0.1, -0.05) is 11.6 Å². The van der Waals surface area contributed by atoms with Crippen LogP contribution < -0.4 is 5.32 Å². The SMILES string of the molecule is CC1=CC=C(Nc2ccc(C)s2)CC1. The number of anilines is 1. The standard InChI is InChI=1S/C12H15NS/c1-9-3-6-11(7-4-9)13-12-8-5-10(2)14-12/h3,5-6,8,13H,4,7H2,1-2H3. The lowest BCUT2D eigenvalue weighted by Crippen LogP contribution is -2.00. The third-order valence-electron chi connectivity index (χ3n) is 2.38. The first kappa shape index (κ1) is 9.53. The molecule has 0 bridgehead atoms. The topological polar surface area (TPSA) is 12.0 Å². The normalized spacial score (nSPS) is 16.1. The Bertz CT molecular complexity index is 385. The molecule has 0 aliphatic heterocycles. The molecule has 0 fully saturated rings. The van der Waals surface area contributed by atoms with Gasteiger partial charge in [-0.05, 0) is 44.9 Å². The van der Waals surface area contributed by atoms with E-state index in [1.807, 2.05) is 11.3 Å². The molecule has 0 aromatic carbocycles. The fourth-order valence-electron chi connectivity index (χ4n) is 1.51. The van der Waals surface area contributed by atoms with Gasteiger partial charge in [0.05, 0.1) is 5.00 Å². The number of nitrogens with one attached hydrogen (secondary N) is 1. The molecule has 0 spiro atoms. The Morgan fingerprint density at radius 1 is 1.14 bits per heavy atom. The molecule has 74 valence electrons. The molecule has 1 heterocycles. The first-order valence-electron chi connectivity index (χ1n) is 4.94. The molecule has 1 nitrogen and oxygen atoms in total. The molecule has 1 aliphatic rings. The van der Waals surface area contributed by atoms with Crippen LogP contribution in [0.25, 0.3) is 0 Å². The van der Waals surface area contributed by atoms with Crippen LogP contribution in [-0.2, 0) is 0 Å². The molecule has 14 heavy (non-hydrogen) atoms. The molecule has 0 saturated carbocycles. The molecule has 0 saturated heterocycles. The summed E-state index contributed by atoms with van der Waals surface area (Å²) in [5.74, 6) is 0. The maximum Gasteiger partial charge on any atom is 0.0926 e. The highest BCUT2D eigenvalue weighted by Crippen LogP contribution is 2.25. The van der Waals surface area contributed by atoms with Gasteiger partial charge in [0.2, 0.25) is 0 Å². The van der Waals surface area contributed by atoms with Crippen molar-refractivity contribution in [3.05, 3.63) is 40.4 Å². The van der Waals surface area contributed by atoms with Gasteiger partial charge in [-0.25, -0.2) is 0 Å². The van der Waals surface area contributed by atoms with E-state index in [1.54, 1.807) is 0 Å². The van der Waals surface area contributed by atoms with Gasteiger partial charge in [-0.2, -0.15) is 0 Å². The molecule has 0 atom stereocenters. The van der Waals surface area contributed by atoms with Gasteiger partial charge in [0.25, 0.3) is 0 Å². The number of rotatable bonds is 2. The summed E-state index contributed by atoms with van der Waals surface area (Å²) < 4.78 is 0. The molecule has 2 heteroatoms. The van der Waals surface area contributed by atoms with E-state index in [-0.39, 0.29) is 0 Å². The van der Waals surface area contributed by atoms with E-state index in [2.05, 4.69) is 43.4 Å². The van der Waals surface area contributed by atoms with Crippen molar-refractivity contribution in [3.63, 3.8) is 0 Å². The second kappa shape index (κ2) is 4.01. The highest BCUT2D eigenvalue weighted by Gasteiger charge is 2.04. The van der Waals surface area contributed by atoms with Gasteiger partial charge in [0.15, 0.2) is 0 Å². The monoisotopic (exact) mass is 205 g/mol. The van der Waals surface area contributed by atoms with Crippen molar-refractivity contribution in [3.8, 4) is 0 Å². The first-order valence-corrected chi connectivity index (χ1v) is 5.75. The zero-order chi connectivity index (χ0) is 9.97.